The normalized spacial score (nSPS) is 11.8. The molecule has 0 saturated carbocycles. The molecule has 2 N–H and O–H groups in total. The zero-order chi connectivity index (χ0) is 33.3. The van der Waals surface area contributed by atoms with Crippen LogP contribution in [0.1, 0.15) is 22.3 Å². The van der Waals surface area contributed by atoms with E-state index in [1.807, 2.05) is 0 Å². The fourth-order valence-corrected chi connectivity index (χ4v) is 7.24. The molecule has 240 valence electrons. The van der Waals surface area contributed by atoms with Crippen molar-refractivity contribution in [2.45, 2.75) is 30.3 Å². The zero-order valence-corrected chi connectivity index (χ0v) is 26.4. The quantitative estimate of drug-likeness (QED) is 0.203. The Morgan fingerprint density at radius 3 is 1.32 bits per heavy atom. The highest BCUT2D eigenvalue weighted by molar-refractivity contribution is 7.92. The smallest absolute Gasteiger partial charge is 0.373 e. The Hall–Kier alpha value is -5.74. The van der Waals surface area contributed by atoms with Crippen LogP contribution in [0, 0.1) is 13.8 Å². The summed E-state index contributed by atoms with van der Waals surface area (Å²) in [4.78, 5) is 0. The summed E-state index contributed by atoms with van der Waals surface area (Å²) in [6.07, 6.45) is 0.438. The highest BCUT2D eigenvalue weighted by atomic mass is 32.2. The number of para-hydroxylation sites is 2. The summed E-state index contributed by atoms with van der Waals surface area (Å²) >= 11 is 0. The predicted octanol–water partition coefficient (Wildman–Crippen LogP) is 2.17. The molecule has 2 aromatic heterocycles. The molecule has 0 aliphatic carbocycles. The number of benzene rings is 4. The fraction of sp³-hybridized carbons (Fsp3) is 0.0968. The van der Waals surface area contributed by atoms with Gasteiger partial charge in [-0.2, -0.15) is 16.8 Å². The summed E-state index contributed by atoms with van der Waals surface area (Å²) < 4.78 is 68.6. The average molecular weight is 675 g/mol. The first-order valence-electron chi connectivity index (χ1n) is 14.0. The van der Waals surface area contributed by atoms with Gasteiger partial charge in [0.1, 0.15) is 0 Å². The molecule has 0 fully saturated rings. The van der Waals surface area contributed by atoms with Crippen LogP contribution in [-0.4, -0.2) is 27.4 Å². The molecule has 0 unspecified atom stereocenters. The van der Waals surface area contributed by atoms with Gasteiger partial charge in [0.15, 0.2) is 11.9 Å². The van der Waals surface area contributed by atoms with Gasteiger partial charge in [0.05, 0.1) is 21.9 Å². The van der Waals surface area contributed by atoms with Crippen molar-refractivity contribution in [3.05, 3.63) is 119 Å². The summed E-state index contributed by atoms with van der Waals surface area (Å²) in [5.74, 6) is -2.24. The van der Waals surface area contributed by atoms with E-state index in [9.17, 15) is 27.0 Å². The Morgan fingerprint density at radius 1 is 0.596 bits per heavy atom. The van der Waals surface area contributed by atoms with Crippen LogP contribution in [0.25, 0.3) is 11.4 Å². The van der Waals surface area contributed by atoms with Gasteiger partial charge in [-0.05, 0) is 64.0 Å². The van der Waals surface area contributed by atoms with E-state index in [0.29, 0.717) is 28.9 Å². The van der Waals surface area contributed by atoms with Gasteiger partial charge in [-0.25, -0.2) is 0 Å². The lowest BCUT2D eigenvalue weighted by Gasteiger charge is -2.08. The molecule has 0 aliphatic rings. The standard InChI is InChI=1S/C31H26N6O8S2/c1-20-7-3-5-9-26(20)32-46(40,41)28-30(38)44-34-36(28)24-15-11-22(12-16-24)19-23-13-17-25(18-14-23)37-29(31(39)45-35-37)47(42,43)33-27-10-6-4-8-21(27)2/h3-18,32-33H,19H2,1-2H3. The molecule has 0 atom stereocenters. The molecule has 0 saturated heterocycles. The van der Waals surface area contributed by atoms with E-state index < -0.39 is 42.0 Å². The second kappa shape index (κ2) is 12.2. The lowest BCUT2D eigenvalue weighted by Crippen LogP contribution is -2.40. The van der Waals surface area contributed by atoms with Crippen molar-refractivity contribution in [1.82, 2.24) is 10.5 Å². The zero-order valence-electron chi connectivity index (χ0n) is 24.8. The summed E-state index contributed by atoms with van der Waals surface area (Å²) in [5, 5.41) is 30.8. The molecular weight excluding hydrogens is 649 g/mol. The van der Waals surface area contributed by atoms with Gasteiger partial charge in [0.25, 0.3) is 0 Å². The van der Waals surface area contributed by atoms with Gasteiger partial charge in [-0.3, -0.25) is 9.44 Å². The van der Waals surface area contributed by atoms with Crippen molar-refractivity contribution in [2.75, 3.05) is 9.44 Å². The van der Waals surface area contributed by atoms with E-state index in [4.69, 9.17) is 9.05 Å². The van der Waals surface area contributed by atoms with Crippen molar-refractivity contribution in [2.24, 2.45) is 0 Å². The van der Waals surface area contributed by atoms with Gasteiger partial charge in [0.2, 0.25) is 11.4 Å². The summed E-state index contributed by atoms with van der Waals surface area (Å²) in [7, 11) is -8.69. The largest absolute Gasteiger partial charge is 0.538 e. The number of aromatic nitrogens is 4. The van der Waals surface area contributed by atoms with Crippen LogP contribution in [0.3, 0.4) is 0 Å². The van der Waals surface area contributed by atoms with Gasteiger partial charge in [0, 0.05) is 24.3 Å². The highest BCUT2D eigenvalue weighted by Crippen LogP contribution is 2.24. The van der Waals surface area contributed by atoms with E-state index in [1.54, 1.807) is 111 Å². The van der Waals surface area contributed by atoms with Crippen molar-refractivity contribution >= 4 is 31.4 Å². The monoisotopic (exact) mass is 674 g/mol. The van der Waals surface area contributed by atoms with Crippen LogP contribution in [0.2, 0.25) is 0 Å². The van der Waals surface area contributed by atoms with Crippen LogP contribution in [0.5, 0.6) is 11.9 Å². The number of hydrogen-bond donors (Lipinski definition) is 2. The molecule has 14 nitrogen and oxygen atoms in total. The maximum absolute atomic E-state index is 13.1. The third kappa shape index (κ3) is 6.36. The minimum absolute atomic E-state index is 0.281. The number of hydrogen-bond acceptors (Lipinski definition) is 10. The maximum atomic E-state index is 13.1. The molecule has 0 amide bonds. The average Bonchev–Trinajstić information content (AvgIpc) is 3.63. The molecule has 0 radical (unpaired) electrons. The Kier molecular flexibility index (Phi) is 8.13. The van der Waals surface area contributed by atoms with Crippen LogP contribution < -0.4 is 29.0 Å². The first kappa shape index (κ1) is 31.3. The first-order valence-corrected chi connectivity index (χ1v) is 16.9. The van der Waals surface area contributed by atoms with Crippen molar-refractivity contribution < 1.29 is 45.5 Å². The fourth-order valence-electron chi connectivity index (χ4n) is 4.76. The Morgan fingerprint density at radius 2 is 0.957 bits per heavy atom. The predicted molar refractivity (Wildman–Crippen MR) is 162 cm³/mol. The molecule has 16 heteroatoms. The van der Waals surface area contributed by atoms with E-state index >= 15 is 0 Å². The van der Waals surface area contributed by atoms with Crippen molar-refractivity contribution in [1.29, 1.82) is 0 Å². The minimum Gasteiger partial charge on any atom is -0.538 e. The Balaban J connectivity index is 1.20. The van der Waals surface area contributed by atoms with Crippen LogP contribution in [0.4, 0.5) is 11.4 Å². The number of rotatable bonds is 10. The third-order valence-electron chi connectivity index (χ3n) is 7.20. The van der Waals surface area contributed by atoms with Gasteiger partial charge in [-0.15, -0.1) is 0 Å². The van der Waals surface area contributed by atoms with Gasteiger partial charge < -0.3 is 19.3 Å². The SMILES string of the molecule is Cc1ccccc1NS(=O)(=O)c1c([O-])on[n+]1-c1ccc(Cc2ccc(-[n+]3noc([O-])c3S(=O)(=O)Nc3ccccc3C)cc2)cc1. The third-order valence-corrected chi connectivity index (χ3v) is 9.88. The molecule has 0 spiro atoms. The first-order chi connectivity index (χ1) is 22.4. The number of anilines is 2. The van der Waals surface area contributed by atoms with E-state index in [1.165, 1.54) is 0 Å². The second-order valence-corrected chi connectivity index (χ2v) is 13.7. The molecule has 6 rings (SSSR count). The maximum Gasteiger partial charge on any atom is 0.373 e. The molecule has 0 bridgehead atoms. The number of sulfonamides is 2. The number of nitrogens with zero attached hydrogens (tertiary/aromatic N) is 4. The minimum atomic E-state index is -4.35. The lowest BCUT2D eigenvalue weighted by atomic mass is 10.0. The summed E-state index contributed by atoms with van der Waals surface area (Å²) in [5.41, 5.74) is 4.18. The van der Waals surface area contributed by atoms with Crippen LogP contribution in [0.15, 0.2) is 116 Å². The number of nitrogens with one attached hydrogen (secondary N) is 2. The molecular formula is C31H26N6O8S2. The van der Waals surface area contributed by atoms with E-state index in [2.05, 4.69) is 20.0 Å². The van der Waals surface area contributed by atoms with Crippen molar-refractivity contribution in [3.8, 4) is 23.3 Å². The van der Waals surface area contributed by atoms with Gasteiger partial charge >= 0.3 is 30.1 Å². The molecule has 6 aromatic rings. The summed E-state index contributed by atoms with van der Waals surface area (Å²) in [6, 6.07) is 26.8. The molecule has 4 aromatic carbocycles. The second-order valence-electron chi connectivity index (χ2n) is 10.5. The number of aryl methyl sites for hydroxylation is 2. The van der Waals surface area contributed by atoms with Crippen LogP contribution in [-0.2, 0) is 26.5 Å². The molecule has 2 heterocycles. The van der Waals surface area contributed by atoms with Crippen molar-refractivity contribution in [3.63, 3.8) is 0 Å². The molecule has 0 aliphatic heterocycles. The topological polar surface area (TPSA) is 198 Å². The van der Waals surface area contributed by atoms with Crippen LogP contribution >= 0.6 is 0 Å². The highest BCUT2D eigenvalue weighted by Gasteiger charge is 2.35. The van der Waals surface area contributed by atoms with Gasteiger partial charge in [-0.1, -0.05) is 60.7 Å². The Bertz CT molecular complexity index is 2140. The molecule has 47 heavy (non-hydrogen) atoms. The van der Waals surface area contributed by atoms with E-state index in [-0.39, 0.29) is 11.4 Å². The summed E-state index contributed by atoms with van der Waals surface area (Å²) in [6.45, 7) is 3.46. The lowest BCUT2D eigenvalue weighted by molar-refractivity contribution is -0.706. The Labute approximate surface area is 269 Å². The van der Waals surface area contributed by atoms with E-state index in [0.717, 1.165) is 20.5 Å².